The summed E-state index contributed by atoms with van der Waals surface area (Å²) in [6.07, 6.45) is 18.0. The smallest absolute Gasteiger partial charge is 0.212 e. The summed E-state index contributed by atoms with van der Waals surface area (Å²) in [6.45, 7) is 34.8. The first-order valence-corrected chi connectivity index (χ1v) is 36.4. The number of aromatic nitrogens is 8. The van der Waals surface area contributed by atoms with Gasteiger partial charge in [-0.25, -0.2) is 18.3 Å². The monoisotopic (exact) mass is 1350 g/mol. The van der Waals surface area contributed by atoms with E-state index in [1.165, 1.54) is 152 Å². The number of pyridine rings is 8. The van der Waals surface area contributed by atoms with Crippen LogP contribution in [0.2, 0.25) is 0 Å². The molecule has 516 valence electrons. The Morgan fingerprint density at radius 2 is 0.608 bits per heavy atom. The Hall–Kier alpha value is -9.92. The topological polar surface area (TPSA) is 67.1 Å². The van der Waals surface area contributed by atoms with Gasteiger partial charge in [0.15, 0.2) is 24.8 Å². The van der Waals surface area contributed by atoms with Gasteiger partial charge >= 0.3 is 0 Å². The second kappa shape index (κ2) is 26.8. The van der Waals surface area contributed by atoms with Gasteiger partial charge in [-0.3, -0.25) is 19.9 Å². The van der Waals surface area contributed by atoms with Crippen molar-refractivity contribution in [2.24, 2.45) is 28.2 Å². The highest BCUT2D eigenvalue weighted by Crippen LogP contribution is 2.53. The molecule has 4 aromatic carbocycles. The Morgan fingerprint density at radius 1 is 0.343 bits per heavy atom. The molecule has 16 rings (SSSR count). The van der Waals surface area contributed by atoms with E-state index in [-0.39, 0.29) is 21.7 Å². The van der Waals surface area contributed by atoms with E-state index < -0.39 is 12.7 Å². The lowest BCUT2D eigenvalue weighted by Gasteiger charge is -2.21. The van der Waals surface area contributed by atoms with E-state index in [1.54, 1.807) is 6.07 Å². The molecular weight excluding hydrogens is 1240 g/mol. The molecule has 0 aliphatic heterocycles. The number of fused-ring (bicyclic) bond motifs is 12. The van der Waals surface area contributed by atoms with Crippen LogP contribution in [0.5, 0.6) is 0 Å². The van der Waals surface area contributed by atoms with Gasteiger partial charge in [0.2, 0.25) is 22.8 Å². The SMILES string of the molecule is CCc1cc[n+](C)c(-c2cc3c(cc2C)C(C)(C)c2ncccc2-3)c1.CCc1cc[n+](C)c(-c2cc3c(cc2C)C(C)(C)c2ncccc2-3)c1.Cc1cc2c(cc1-c1cc(C(C)C)cc[n+]1C)-c1cccnc1C2(C)C.[2H]C([2H])([2H])C([2H])(C)c1cc[n+](C)c(-c2cc3c(cc2C)C(C)(C)c2ncccc2-3)c1. The van der Waals surface area contributed by atoms with Crippen molar-refractivity contribution in [2.75, 3.05) is 0 Å². The minimum Gasteiger partial charge on any atom is -0.260 e. The van der Waals surface area contributed by atoms with E-state index in [0.29, 0.717) is 11.5 Å². The fourth-order valence-corrected chi connectivity index (χ4v) is 16.4. The first-order valence-electron chi connectivity index (χ1n) is 38.4. The van der Waals surface area contributed by atoms with Gasteiger partial charge in [0.05, 0.1) is 22.8 Å². The minimum absolute atomic E-state index is 0.0390. The highest BCUT2D eigenvalue weighted by molar-refractivity contribution is 5.88. The summed E-state index contributed by atoms with van der Waals surface area (Å²) in [5, 5.41) is 0. The maximum absolute atomic E-state index is 8.49. The molecule has 0 fully saturated rings. The molecule has 0 amide bonds. The van der Waals surface area contributed by atoms with Crippen LogP contribution in [-0.2, 0) is 62.7 Å². The van der Waals surface area contributed by atoms with Gasteiger partial charge in [-0.15, -0.1) is 0 Å². The maximum atomic E-state index is 8.49. The number of nitrogens with zero attached hydrogens (tertiary/aromatic N) is 8. The largest absolute Gasteiger partial charge is 0.260 e. The Kier molecular flexibility index (Phi) is 17.2. The van der Waals surface area contributed by atoms with Gasteiger partial charge in [-0.2, -0.15) is 0 Å². The lowest BCUT2D eigenvalue weighted by Crippen LogP contribution is -2.31. The molecule has 8 nitrogen and oxygen atoms in total. The van der Waals surface area contributed by atoms with Crippen molar-refractivity contribution in [3.05, 3.63) is 285 Å². The first-order chi connectivity index (χ1) is 50.0. The summed E-state index contributed by atoms with van der Waals surface area (Å²) >= 11 is 0. The Labute approximate surface area is 613 Å². The molecule has 0 saturated carbocycles. The molecule has 0 bridgehead atoms. The van der Waals surface area contributed by atoms with Gasteiger partial charge in [0.1, 0.15) is 28.2 Å². The van der Waals surface area contributed by atoms with Crippen LogP contribution in [0.15, 0.2) is 195 Å². The van der Waals surface area contributed by atoms with Crippen LogP contribution in [0.25, 0.3) is 89.5 Å². The van der Waals surface area contributed by atoms with Crippen molar-refractivity contribution >= 4 is 0 Å². The third kappa shape index (κ3) is 12.2. The number of hydrogen-bond acceptors (Lipinski definition) is 4. The summed E-state index contributed by atoms with van der Waals surface area (Å²) in [4.78, 5) is 18.8. The molecule has 1 unspecified atom stereocenters. The Bertz CT molecular complexity index is 5340. The van der Waals surface area contributed by atoms with E-state index in [4.69, 9.17) is 20.4 Å². The average Bonchev–Trinajstić information content (AvgIpc) is 1.65. The molecule has 0 spiro atoms. The van der Waals surface area contributed by atoms with Gasteiger partial charge in [0.25, 0.3) is 0 Å². The van der Waals surface area contributed by atoms with Crippen molar-refractivity contribution in [2.45, 2.75) is 171 Å². The molecular formula is C94H104N8+4. The van der Waals surface area contributed by atoms with Crippen molar-refractivity contribution < 1.29 is 23.8 Å². The van der Waals surface area contributed by atoms with Crippen molar-refractivity contribution in [3.8, 4) is 89.5 Å². The molecule has 8 heteroatoms. The predicted molar refractivity (Wildman–Crippen MR) is 420 cm³/mol. The van der Waals surface area contributed by atoms with E-state index in [1.807, 2.05) is 72.9 Å². The lowest BCUT2D eigenvalue weighted by molar-refractivity contribution is -0.660. The van der Waals surface area contributed by atoms with E-state index >= 15 is 0 Å². The molecule has 0 saturated heterocycles. The van der Waals surface area contributed by atoms with Gasteiger partial charge in [-0.05, 0) is 190 Å². The fourth-order valence-electron chi connectivity index (χ4n) is 16.4. The zero-order valence-electron chi connectivity index (χ0n) is 68.0. The predicted octanol–water partition coefficient (Wildman–Crippen LogP) is 20.1. The average molecular weight is 1350 g/mol. The third-order valence-electron chi connectivity index (χ3n) is 22.7. The summed E-state index contributed by atoms with van der Waals surface area (Å²) < 4.78 is 40.5. The lowest BCUT2D eigenvalue weighted by atomic mass is 9.83. The molecule has 102 heavy (non-hydrogen) atoms. The minimum atomic E-state index is -2.41. The van der Waals surface area contributed by atoms with Crippen molar-refractivity contribution in [1.82, 2.24) is 19.9 Å². The molecule has 4 aliphatic carbocycles. The first kappa shape index (κ1) is 65.4. The highest BCUT2D eigenvalue weighted by Gasteiger charge is 2.42. The van der Waals surface area contributed by atoms with Crippen LogP contribution in [0.4, 0.5) is 0 Å². The summed E-state index contributed by atoms with van der Waals surface area (Å²) in [7, 11) is 8.33. The maximum Gasteiger partial charge on any atom is 0.212 e. The summed E-state index contributed by atoms with van der Waals surface area (Å²) in [5.74, 6) is -1.16. The van der Waals surface area contributed by atoms with Gasteiger partial charge < -0.3 is 0 Å². The molecule has 0 radical (unpaired) electrons. The number of rotatable bonds is 8. The zero-order valence-corrected chi connectivity index (χ0v) is 64.0. The van der Waals surface area contributed by atoms with E-state index in [0.717, 1.165) is 40.9 Å². The van der Waals surface area contributed by atoms with Crippen LogP contribution in [0.3, 0.4) is 0 Å². The molecule has 8 aromatic heterocycles. The standard InChI is InChI=1S/2C24H27N2.2C23H25N2/c2*1-15(2)17-9-11-26(6)22(13-17)19-14-20-18-8-7-10-25-23(18)24(4,5)21(20)12-16(19)3;2*1-6-16-9-11-25(5)21(13-16)18-14-19-17-8-7-10-24-22(17)23(3,4)20(19)12-15(18)2/h2*7-15H,1-6H3;2*7-14H,6H2,1-5H3/q4*+1/i1D3,15D;;;. The number of hydrogen-bond donors (Lipinski definition) is 0. The number of aryl methyl sites for hydroxylation is 10. The zero-order chi connectivity index (χ0) is 76.2. The quantitative estimate of drug-likeness (QED) is 0.142. The second-order valence-electron chi connectivity index (χ2n) is 31.4. The van der Waals surface area contributed by atoms with Crippen molar-refractivity contribution in [1.29, 1.82) is 0 Å². The molecule has 0 N–H and O–H groups in total. The van der Waals surface area contributed by atoms with Crippen molar-refractivity contribution in [3.63, 3.8) is 0 Å². The summed E-state index contributed by atoms with van der Waals surface area (Å²) in [6, 6.07) is 52.6. The normalized spacial score (nSPS) is 15.6. The molecule has 12 aromatic rings. The molecule has 1 atom stereocenters. The van der Waals surface area contributed by atoms with Crippen LogP contribution >= 0.6 is 0 Å². The van der Waals surface area contributed by atoms with Gasteiger partial charge in [0, 0.05) is 145 Å². The third-order valence-corrected chi connectivity index (χ3v) is 22.7. The Morgan fingerprint density at radius 3 is 0.882 bits per heavy atom. The highest BCUT2D eigenvalue weighted by atomic mass is 14.9. The van der Waals surface area contributed by atoms with E-state index in [9.17, 15) is 0 Å². The van der Waals surface area contributed by atoms with Crippen LogP contribution in [-0.4, -0.2) is 19.9 Å². The molecule has 8 heterocycles. The van der Waals surface area contributed by atoms with Crippen LogP contribution in [0, 0.1) is 27.7 Å². The summed E-state index contributed by atoms with van der Waals surface area (Å²) in [5.41, 5.74) is 39.2. The molecule has 4 aliphatic rings. The van der Waals surface area contributed by atoms with E-state index in [2.05, 4.69) is 278 Å². The van der Waals surface area contributed by atoms with Gasteiger partial charge in [-0.1, -0.05) is 145 Å². The second-order valence-corrected chi connectivity index (χ2v) is 31.4. The Balaban J connectivity index is 0.000000125. The van der Waals surface area contributed by atoms with Crippen LogP contribution < -0.4 is 18.3 Å². The fraction of sp³-hybridized carbons (Fsp3) is 0.319. The van der Waals surface area contributed by atoms with Crippen LogP contribution in [0.1, 0.15) is 204 Å². The number of benzene rings is 4.